The van der Waals surface area contributed by atoms with Crippen LogP contribution >= 0.6 is 0 Å². The third-order valence-electron chi connectivity index (χ3n) is 5.23. The first kappa shape index (κ1) is 15.8. The maximum absolute atomic E-state index is 12.6. The molecule has 1 N–H and O–H groups in total. The van der Waals surface area contributed by atoms with Gasteiger partial charge in [0.15, 0.2) is 0 Å². The molecule has 4 nitrogen and oxygen atoms in total. The summed E-state index contributed by atoms with van der Waals surface area (Å²) in [6.07, 6.45) is 6.09. The molecule has 3 atom stereocenters. The Labute approximate surface area is 123 Å². The van der Waals surface area contributed by atoms with E-state index in [2.05, 4.69) is 37.9 Å². The summed E-state index contributed by atoms with van der Waals surface area (Å²) in [5.41, 5.74) is -0.0220. The van der Waals surface area contributed by atoms with Gasteiger partial charge in [0.2, 0.25) is 5.91 Å². The standard InChI is InChI=1S/C16H30N2O2/c1-5-13-15(19)18(14(6-2)17-13)12-9-10-20-16(7-3,8-4)11-12/h12-14,17H,5-11H2,1-4H3. The summed E-state index contributed by atoms with van der Waals surface area (Å²) in [5.74, 6) is 0.298. The first-order chi connectivity index (χ1) is 9.60. The van der Waals surface area contributed by atoms with Crippen molar-refractivity contribution in [2.75, 3.05) is 6.61 Å². The van der Waals surface area contributed by atoms with Gasteiger partial charge in [-0.2, -0.15) is 0 Å². The van der Waals surface area contributed by atoms with Crippen LogP contribution in [0.2, 0.25) is 0 Å². The Balaban J connectivity index is 2.14. The molecule has 2 aliphatic heterocycles. The molecule has 0 aromatic carbocycles. The molecule has 20 heavy (non-hydrogen) atoms. The first-order valence-electron chi connectivity index (χ1n) is 8.33. The van der Waals surface area contributed by atoms with Gasteiger partial charge in [0.1, 0.15) is 0 Å². The summed E-state index contributed by atoms with van der Waals surface area (Å²) in [4.78, 5) is 14.8. The van der Waals surface area contributed by atoms with Crippen molar-refractivity contribution in [2.24, 2.45) is 0 Å². The van der Waals surface area contributed by atoms with Crippen LogP contribution in [-0.4, -0.2) is 41.3 Å². The molecule has 1 amide bonds. The van der Waals surface area contributed by atoms with Crippen LogP contribution in [0.15, 0.2) is 0 Å². The monoisotopic (exact) mass is 282 g/mol. The summed E-state index contributed by atoms with van der Waals surface area (Å²) >= 11 is 0. The van der Waals surface area contributed by atoms with Gasteiger partial charge < -0.3 is 9.64 Å². The fourth-order valence-corrected chi connectivity index (χ4v) is 3.74. The minimum Gasteiger partial charge on any atom is -0.375 e. The van der Waals surface area contributed by atoms with Crippen LogP contribution in [0.1, 0.15) is 66.2 Å². The molecular formula is C16H30N2O2. The van der Waals surface area contributed by atoms with Gasteiger partial charge in [0.25, 0.3) is 0 Å². The lowest BCUT2D eigenvalue weighted by Gasteiger charge is -2.44. The maximum Gasteiger partial charge on any atom is 0.241 e. The van der Waals surface area contributed by atoms with Crippen LogP contribution in [0.25, 0.3) is 0 Å². The Morgan fingerprint density at radius 1 is 1.25 bits per heavy atom. The number of rotatable bonds is 5. The zero-order chi connectivity index (χ0) is 14.8. The predicted molar refractivity (Wildman–Crippen MR) is 80.4 cm³/mol. The smallest absolute Gasteiger partial charge is 0.241 e. The topological polar surface area (TPSA) is 41.6 Å². The van der Waals surface area contributed by atoms with Gasteiger partial charge in [-0.05, 0) is 38.5 Å². The van der Waals surface area contributed by atoms with E-state index in [1.165, 1.54) is 0 Å². The Kier molecular flexibility index (Phi) is 5.08. The minimum absolute atomic E-state index is 0.0143. The van der Waals surface area contributed by atoms with Crippen molar-refractivity contribution < 1.29 is 9.53 Å². The number of hydrogen-bond donors (Lipinski definition) is 1. The molecule has 0 aromatic heterocycles. The van der Waals surface area contributed by atoms with Crippen molar-refractivity contribution in [1.29, 1.82) is 0 Å². The van der Waals surface area contributed by atoms with E-state index < -0.39 is 0 Å². The summed E-state index contributed by atoms with van der Waals surface area (Å²) in [6, 6.07) is 0.352. The lowest BCUT2D eigenvalue weighted by atomic mass is 9.85. The lowest BCUT2D eigenvalue weighted by Crippen LogP contribution is -2.52. The summed E-state index contributed by atoms with van der Waals surface area (Å²) < 4.78 is 6.05. The second-order valence-electron chi connectivity index (χ2n) is 6.18. The summed E-state index contributed by atoms with van der Waals surface area (Å²) in [7, 11) is 0. The molecule has 0 radical (unpaired) electrons. The normalized spacial score (nSPS) is 33.7. The molecule has 3 unspecified atom stereocenters. The maximum atomic E-state index is 12.6. The quantitative estimate of drug-likeness (QED) is 0.843. The molecule has 0 aromatic rings. The molecule has 2 saturated heterocycles. The Morgan fingerprint density at radius 2 is 1.95 bits per heavy atom. The van der Waals surface area contributed by atoms with E-state index in [4.69, 9.17) is 4.74 Å². The van der Waals surface area contributed by atoms with Crippen LogP contribution in [0.5, 0.6) is 0 Å². The molecule has 4 heteroatoms. The number of carbonyl (C=O) groups is 1. The fourth-order valence-electron chi connectivity index (χ4n) is 3.74. The van der Waals surface area contributed by atoms with E-state index in [-0.39, 0.29) is 17.8 Å². The van der Waals surface area contributed by atoms with Gasteiger partial charge in [0.05, 0.1) is 17.8 Å². The Bertz CT molecular complexity index is 341. The van der Waals surface area contributed by atoms with Gasteiger partial charge in [-0.3, -0.25) is 10.1 Å². The van der Waals surface area contributed by atoms with E-state index in [1.54, 1.807) is 0 Å². The zero-order valence-corrected chi connectivity index (χ0v) is 13.4. The van der Waals surface area contributed by atoms with Crippen molar-refractivity contribution in [2.45, 2.75) is 90.1 Å². The summed E-state index contributed by atoms with van der Waals surface area (Å²) in [6.45, 7) is 9.41. The third kappa shape index (κ3) is 2.73. The Morgan fingerprint density at radius 3 is 2.50 bits per heavy atom. The number of nitrogens with one attached hydrogen (secondary N) is 1. The van der Waals surface area contributed by atoms with Gasteiger partial charge in [0, 0.05) is 12.6 Å². The minimum atomic E-state index is -0.0220. The van der Waals surface area contributed by atoms with Crippen molar-refractivity contribution in [3.8, 4) is 0 Å². The highest BCUT2D eigenvalue weighted by Gasteiger charge is 2.45. The molecule has 0 saturated carbocycles. The van der Waals surface area contributed by atoms with Crippen LogP contribution < -0.4 is 5.32 Å². The predicted octanol–water partition coefficient (Wildman–Crippen LogP) is 2.67. The molecule has 0 spiro atoms. The highest BCUT2D eigenvalue weighted by Crippen LogP contribution is 2.35. The molecule has 116 valence electrons. The van der Waals surface area contributed by atoms with Crippen LogP contribution in [-0.2, 0) is 9.53 Å². The molecule has 0 aliphatic carbocycles. The van der Waals surface area contributed by atoms with Crippen LogP contribution in [0.3, 0.4) is 0 Å². The fraction of sp³-hybridized carbons (Fsp3) is 0.938. The first-order valence-corrected chi connectivity index (χ1v) is 8.33. The van der Waals surface area contributed by atoms with E-state index >= 15 is 0 Å². The van der Waals surface area contributed by atoms with Gasteiger partial charge >= 0.3 is 0 Å². The second-order valence-corrected chi connectivity index (χ2v) is 6.18. The van der Waals surface area contributed by atoms with Crippen molar-refractivity contribution >= 4 is 5.91 Å². The van der Waals surface area contributed by atoms with E-state index in [9.17, 15) is 4.79 Å². The summed E-state index contributed by atoms with van der Waals surface area (Å²) in [5, 5.41) is 3.49. The SMILES string of the molecule is CCC1NC(CC)N(C2CCOC(CC)(CC)C2)C1=O. The average Bonchev–Trinajstić information content (AvgIpc) is 2.83. The second kappa shape index (κ2) is 6.44. The molecule has 2 fully saturated rings. The Hall–Kier alpha value is -0.610. The molecule has 2 aliphatic rings. The van der Waals surface area contributed by atoms with E-state index in [0.717, 1.165) is 45.1 Å². The van der Waals surface area contributed by atoms with E-state index in [0.29, 0.717) is 11.9 Å². The van der Waals surface area contributed by atoms with Crippen molar-refractivity contribution in [3.05, 3.63) is 0 Å². The largest absolute Gasteiger partial charge is 0.375 e. The zero-order valence-electron chi connectivity index (χ0n) is 13.4. The molecular weight excluding hydrogens is 252 g/mol. The number of amides is 1. The molecule has 2 heterocycles. The number of nitrogens with zero attached hydrogens (tertiary/aromatic N) is 1. The third-order valence-corrected chi connectivity index (χ3v) is 5.23. The van der Waals surface area contributed by atoms with Gasteiger partial charge in [-0.25, -0.2) is 0 Å². The molecule has 2 rings (SSSR count). The van der Waals surface area contributed by atoms with Crippen molar-refractivity contribution in [3.63, 3.8) is 0 Å². The van der Waals surface area contributed by atoms with E-state index in [1.807, 2.05) is 0 Å². The van der Waals surface area contributed by atoms with Gasteiger partial charge in [-0.15, -0.1) is 0 Å². The average molecular weight is 282 g/mol. The molecule has 0 bridgehead atoms. The lowest BCUT2D eigenvalue weighted by molar-refractivity contribution is -0.143. The number of hydrogen-bond acceptors (Lipinski definition) is 3. The van der Waals surface area contributed by atoms with Gasteiger partial charge in [-0.1, -0.05) is 27.7 Å². The van der Waals surface area contributed by atoms with Crippen LogP contribution in [0, 0.1) is 0 Å². The number of carbonyl (C=O) groups excluding carboxylic acids is 1. The highest BCUT2D eigenvalue weighted by molar-refractivity contribution is 5.84. The highest BCUT2D eigenvalue weighted by atomic mass is 16.5. The van der Waals surface area contributed by atoms with Crippen molar-refractivity contribution in [1.82, 2.24) is 10.2 Å². The van der Waals surface area contributed by atoms with Crippen LogP contribution in [0.4, 0.5) is 0 Å². The number of ether oxygens (including phenoxy) is 1.